The first-order valence-electron chi connectivity index (χ1n) is 6.27. The molecule has 0 aliphatic carbocycles. The van der Waals surface area contributed by atoms with E-state index in [4.69, 9.17) is 18.9 Å². The van der Waals surface area contributed by atoms with Gasteiger partial charge in [0.05, 0.1) is 13.2 Å². The zero-order valence-electron chi connectivity index (χ0n) is 11.2. The van der Waals surface area contributed by atoms with Crippen LogP contribution >= 0.6 is 0 Å². The third-order valence-corrected chi connectivity index (χ3v) is 3.19. The van der Waals surface area contributed by atoms with E-state index in [9.17, 15) is 5.11 Å². The number of benzene rings is 1. The van der Waals surface area contributed by atoms with Crippen LogP contribution in [0.4, 0.5) is 0 Å². The summed E-state index contributed by atoms with van der Waals surface area (Å²) in [6.07, 6.45) is -2.20. The maximum Gasteiger partial charge on any atom is 0.186 e. The van der Waals surface area contributed by atoms with Gasteiger partial charge in [-0.25, -0.2) is 0 Å². The monoisotopic (exact) mass is 268 g/mol. The summed E-state index contributed by atoms with van der Waals surface area (Å²) in [6, 6.07) is 9.89. The number of hydrogen-bond donors (Lipinski definition) is 1. The molecule has 0 bridgehead atoms. The Morgan fingerprint density at radius 2 is 1.89 bits per heavy atom. The molecule has 5 heteroatoms. The molecule has 0 spiro atoms. The van der Waals surface area contributed by atoms with Crippen LogP contribution in [0.1, 0.15) is 5.56 Å². The molecule has 106 valence electrons. The highest BCUT2D eigenvalue weighted by molar-refractivity contribution is 5.13. The molecule has 0 aromatic heterocycles. The lowest BCUT2D eigenvalue weighted by molar-refractivity contribution is -0.156. The van der Waals surface area contributed by atoms with Crippen LogP contribution in [0.5, 0.6) is 0 Å². The number of ether oxygens (including phenoxy) is 4. The zero-order chi connectivity index (χ0) is 13.7. The molecule has 1 aromatic rings. The van der Waals surface area contributed by atoms with Gasteiger partial charge in [-0.2, -0.15) is 0 Å². The molecule has 2 rings (SSSR count). The SMILES string of the molecule is CO[C@H]1O[C@H](COCc2ccccc2)[C@H](OC)[C@H]1O. The number of hydrogen-bond acceptors (Lipinski definition) is 5. The predicted octanol–water partition coefficient (Wildman–Crippen LogP) is 0.950. The lowest BCUT2D eigenvalue weighted by Gasteiger charge is -2.18. The molecule has 5 nitrogen and oxygen atoms in total. The third kappa shape index (κ3) is 3.52. The summed E-state index contributed by atoms with van der Waals surface area (Å²) >= 11 is 0. The fourth-order valence-corrected chi connectivity index (χ4v) is 2.19. The van der Waals surface area contributed by atoms with E-state index < -0.39 is 18.5 Å². The van der Waals surface area contributed by atoms with Gasteiger partial charge in [-0.15, -0.1) is 0 Å². The van der Waals surface area contributed by atoms with Crippen molar-refractivity contribution in [2.45, 2.75) is 31.2 Å². The first kappa shape index (κ1) is 14.4. The summed E-state index contributed by atoms with van der Waals surface area (Å²) in [6.45, 7) is 0.856. The van der Waals surface area contributed by atoms with Gasteiger partial charge in [0.1, 0.15) is 18.3 Å². The molecule has 0 unspecified atom stereocenters. The second kappa shape index (κ2) is 6.98. The highest BCUT2D eigenvalue weighted by Crippen LogP contribution is 2.24. The summed E-state index contributed by atoms with van der Waals surface area (Å²) in [5, 5.41) is 9.90. The standard InChI is InChI=1S/C14H20O5/c1-16-13-11(19-14(17-2)12(13)15)9-18-8-10-6-4-3-5-7-10/h3-7,11-15H,8-9H2,1-2H3/t11-,12-,13+,14+/m1/s1. The number of methoxy groups -OCH3 is 2. The average molecular weight is 268 g/mol. The molecule has 1 N–H and O–H groups in total. The molecule has 19 heavy (non-hydrogen) atoms. The van der Waals surface area contributed by atoms with Gasteiger partial charge in [-0.3, -0.25) is 0 Å². The molecule has 1 fully saturated rings. The maximum absolute atomic E-state index is 9.90. The molecule has 0 amide bonds. The second-order valence-corrected chi connectivity index (χ2v) is 4.47. The fourth-order valence-electron chi connectivity index (χ4n) is 2.19. The van der Waals surface area contributed by atoms with Crippen molar-refractivity contribution in [1.82, 2.24) is 0 Å². The van der Waals surface area contributed by atoms with E-state index in [1.54, 1.807) is 7.11 Å². The van der Waals surface area contributed by atoms with Crippen LogP contribution < -0.4 is 0 Å². The highest BCUT2D eigenvalue weighted by atomic mass is 16.7. The molecule has 0 radical (unpaired) electrons. The number of aliphatic hydroxyl groups is 1. The van der Waals surface area contributed by atoms with Gasteiger partial charge in [0.2, 0.25) is 0 Å². The van der Waals surface area contributed by atoms with Crippen molar-refractivity contribution in [3.8, 4) is 0 Å². The number of aliphatic hydroxyl groups excluding tert-OH is 1. The van der Waals surface area contributed by atoms with Crippen molar-refractivity contribution in [2.24, 2.45) is 0 Å². The van der Waals surface area contributed by atoms with Crippen molar-refractivity contribution >= 4 is 0 Å². The number of rotatable bonds is 6. The van der Waals surface area contributed by atoms with Crippen LogP contribution in [-0.4, -0.2) is 50.5 Å². The van der Waals surface area contributed by atoms with Gasteiger partial charge in [0.25, 0.3) is 0 Å². The maximum atomic E-state index is 9.90. The lowest BCUT2D eigenvalue weighted by atomic mass is 10.1. The van der Waals surface area contributed by atoms with Crippen molar-refractivity contribution in [3.05, 3.63) is 35.9 Å². The van der Waals surface area contributed by atoms with Crippen molar-refractivity contribution in [3.63, 3.8) is 0 Å². The second-order valence-electron chi connectivity index (χ2n) is 4.47. The van der Waals surface area contributed by atoms with Crippen LogP contribution in [-0.2, 0) is 25.6 Å². The first-order chi connectivity index (χ1) is 9.26. The van der Waals surface area contributed by atoms with E-state index in [2.05, 4.69) is 0 Å². The molecular formula is C14H20O5. The van der Waals surface area contributed by atoms with Crippen LogP contribution in [0, 0.1) is 0 Å². The summed E-state index contributed by atoms with van der Waals surface area (Å²) in [5.74, 6) is 0. The van der Waals surface area contributed by atoms with Crippen molar-refractivity contribution in [1.29, 1.82) is 0 Å². The minimum atomic E-state index is -0.791. The third-order valence-electron chi connectivity index (χ3n) is 3.19. The van der Waals surface area contributed by atoms with E-state index in [0.29, 0.717) is 13.2 Å². The van der Waals surface area contributed by atoms with Crippen molar-refractivity contribution in [2.75, 3.05) is 20.8 Å². The molecule has 0 saturated carbocycles. The Balaban J connectivity index is 1.82. The fraction of sp³-hybridized carbons (Fsp3) is 0.571. The van der Waals surface area contributed by atoms with Crippen LogP contribution in [0.25, 0.3) is 0 Å². The van der Waals surface area contributed by atoms with E-state index in [1.807, 2.05) is 30.3 Å². The van der Waals surface area contributed by atoms with E-state index >= 15 is 0 Å². The molecular weight excluding hydrogens is 248 g/mol. The van der Waals surface area contributed by atoms with E-state index in [-0.39, 0.29) is 6.10 Å². The molecule has 1 aliphatic heterocycles. The largest absolute Gasteiger partial charge is 0.385 e. The van der Waals surface area contributed by atoms with Gasteiger partial charge in [-0.05, 0) is 5.56 Å². The topological polar surface area (TPSA) is 57.2 Å². The predicted molar refractivity (Wildman–Crippen MR) is 68.6 cm³/mol. The minimum absolute atomic E-state index is 0.325. The Morgan fingerprint density at radius 3 is 2.53 bits per heavy atom. The van der Waals surface area contributed by atoms with Crippen LogP contribution in [0.3, 0.4) is 0 Å². The Bertz CT molecular complexity index is 369. The smallest absolute Gasteiger partial charge is 0.186 e. The molecule has 1 heterocycles. The Labute approximate surface area is 113 Å². The minimum Gasteiger partial charge on any atom is -0.385 e. The lowest BCUT2D eigenvalue weighted by Crippen LogP contribution is -2.36. The van der Waals surface area contributed by atoms with E-state index in [1.165, 1.54) is 7.11 Å². The average Bonchev–Trinajstić information content (AvgIpc) is 2.75. The Morgan fingerprint density at radius 1 is 1.16 bits per heavy atom. The van der Waals surface area contributed by atoms with Gasteiger partial charge >= 0.3 is 0 Å². The van der Waals surface area contributed by atoms with Gasteiger partial charge in [0.15, 0.2) is 6.29 Å². The van der Waals surface area contributed by atoms with E-state index in [0.717, 1.165) is 5.56 Å². The van der Waals surface area contributed by atoms with Gasteiger partial charge < -0.3 is 24.1 Å². The Hall–Kier alpha value is -0.980. The Kier molecular flexibility index (Phi) is 5.30. The summed E-state index contributed by atoms with van der Waals surface area (Å²) in [4.78, 5) is 0. The normalized spacial score (nSPS) is 30.7. The van der Waals surface area contributed by atoms with Gasteiger partial charge in [-0.1, -0.05) is 30.3 Å². The zero-order valence-corrected chi connectivity index (χ0v) is 11.2. The first-order valence-corrected chi connectivity index (χ1v) is 6.27. The van der Waals surface area contributed by atoms with Crippen molar-refractivity contribution < 1.29 is 24.1 Å². The molecule has 1 aromatic carbocycles. The molecule has 1 saturated heterocycles. The quantitative estimate of drug-likeness (QED) is 0.832. The van der Waals surface area contributed by atoms with Gasteiger partial charge in [0, 0.05) is 14.2 Å². The molecule has 4 atom stereocenters. The highest BCUT2D eigenvalue weighted by Gasteiger charge is 2.44. The van der Waals surface area contributed by atoms with Crippen LogP contribution in [0.2, 0.25) is 0 Å². The summed E-state index contributed by atoms with van der Waals surface area (Å²) in [5.41, 5.74) is 1.10. The summed E-state index contributed by atoms with van der Waals surface area (Å²) < 4.78 is 21.4. The molecule has 1 aliphatic rings. The van der Waals surface area contributed by atoms with Crippen LogP contribution in [0.15, 0.2) is 30.3 Å². The summed E-state index contributed by atoms with van der Waals surface area (Å²) in [7, 11) is 3.04.